The van der Waals surface area contributed by atoms with Crippen molar-refractivity contribution in [2.45, 2.75) is 79.1 Å². The first-order chi connectivity index (χ1) is 25.2. The Hall–Kier alpha value is -4.67. The van der Waals surface area contributed by atoms with Crippen molar-refractivity contribution >= 4 is 49.1 Å². The summed E-state index contributed by atoms with van der Waals surface area (Å²) in [6, 6.07) is 47.1. The predicted octanol–water partition coefficient (Wildman–Crippen LogP) is 12.8. The minimum Gasteiger partial charge on any atom is -0.333 e. The molecular weight excluding hydrogens is 828 g/mol. The Labute approximate surface area is 329 Å². The normalized spacial score (nSPS) is 11.9. The molecule has 3 aromatic heterocycles. The van der Waals surface area contributed by atoms with Gasteiger partial charge in [-0.1, -0.05) is 158 Å². The molecule has 0 aliphatic heterocycles. The van der Waals surface area contributed by atoms with Crippen LogP contribution in [-0.2, 0) is 22.4 Å². The molecule has 3 heterocycles. The van der Waals surface area contributed by atoms with E-state index in [1.54, 1.807) is 0 Å². The van der Waals surface area contributed by atoms with Crippen LogP contribution >= 0.6 is 0 Å². The molecule has 4 heteroatoms. The molecule has 0 saturated heterocycles. The van der Waals surface area contributed by atoms with Crippen LogP contribution in [0.15, 0.2) is 121 Å². The van der Waals surface area contributed by atoms with Crippen LogP contribution in [0.1, 0.15) is 101 Å². The van der Waals surface area contributed by atoms with Crippen LogP contribution in [-0.4, -0.2) is 8.97 Å². The van der Waals surface area contributed by atoms with Crippen molar-refractivity contribution in [2.24, 2.45) is 0 Å². The van der Waals surface area contributed by atoms with E-state index in [4.69, 9.17) is 0 Å². The molecule has 0 N–H and O–H groups in total. The van der Waals surface area contributed by atoms with E-state index in [-0.39, 0.29) is 22.4 Å². The number of imidazole rings is 1. The summed E-state index contributed by atoms with van der Waals surface area (Å²) in [5.41, 5.74) is 14.2. The van der Waals surface area contributed by atoms with Gasteiger partial charge in [-0.05, 0) is 57.4 Å². The summed E-state index contributed by atoms with van der Waals surface area (Å²) in [5, 5.41) is 5.26. The second kappa shape index (κ2) is 14.6. The molecule has 271 valence electrons. The van der Waals surface area contributed by atoms with Gasteiger partial charge in [0.1, 0.15) is 0 Å². The van der Waals surface area contributed by atoms with Crippen molar-refractivity contribution in [2.75, 3.05) is 0 Å². The fourth-order valence-electron chi connectivity index (χ4n) is 8.23. The zero-order valence-corrected chi connectivity index (χ0v) is 34.2. The first kappa shape index (κ1) is 36.7. The van der Waals surface area contributed by atoms with Crippen LogP contribution in [0.25, 0.3) is 60.5 Å². The van der Waals surface area contributed by atoms with Gasteiger partial charge in [0.2, 0.25) is 0 Å². The summed E-state index contributed by atoms with van der Waals surface area (Å²) in [6.07, 6.45) is 3.84. The number of hydrogen-bond donors (Lipinski definition) is 0. The van der Waals surface area contributed by atoms with E-state index >= 15 is 0 Å². The summed E-state index contributed by atoms with van der Waals surface area (Å²) < 4.78 is 6.98. The summed E-state index contributed by atoms with van der Waals surface area (Å²) in [7, 11) is 0. The van der Waals surface area contributed by atoms with Crippen LogP contribution in [0, 0.1) is 12.4 Å². The van der Waals surface area contributed by atoms with Crippen molar-refractivity contribution < 1.29 is 26.9 Å². The maximum atomic E-state index is 3.84. The molecule has 0 unspecified atom stereocenters. The van der Waals surface area contributed by atoms with E-state index in [1.807, 2.05) is 6.07 Å². The summed E-state index contributed by atoms with van der Waals surface area (Å²) in [6.45, 7) is 18.3. The monoisotopic (exact) mass is 875 g/mol. The third kappa shape index (κ3) is 6.09. The predicted molar refractivity (Wildman–Crippen MR) is 220 cm³/mol. The van der Waals surface area contributed by atoms with Crippen LogP contribution < -0.4 is 4.57 Å². The number of hydrogen-bond acceptors (Lipinski definition) is 0. The van der Waals surface area contributed by atoms with Crippen LogP contribution in [0.5, 0.6) is 0 Å². The number of fused-ring (bicyclic) bond motifs is 7. The van der Waals surface area contributed by atoms with Gasteiger partial charge < -0.3 is 4.40 Å². The standard InChI is InChI=1S/C31H38N2.C18H10N.Au/c1-20(2)24-13-11-14-25(21(3)4)30(24)32-19-33(29-18-10-9-17-28(29)32)31-26(22(5)6)15-12-16-27(31)23(7)8;1-3-10-16-12(6-1)14-8-5-9-15-13-7-2-4-11-17(13)19(16)18(14)15;/h9-18,20-23H,1-8H3;1-10H;/q;-1;. The van der Waals surface area contributed by atoms with Gasteiger partial charge in [0.25, 0.3) is 6.33 Å². The SMILES string of the molecule is CC(C)c1cccc(C(C)C)c1-n1[c-][n+](-c2c(C(C)C)cccc2C(C)C)c2ccccc21.[Au].[c-]1cccc2c3cccc4c5ccccc5n(c12)c34. The second-order valence-electron chi connectivity index (χ2n) is 15.4. The van der Waals surface area contributed by atoms with Crippen LogP contribution in [0.4, 0.5) is 0 Å². The molecular formula is C49H48AuN3-. The minimum absolute atomic E-state index is 0. The number of aromatic nitrogens is 3. The smallest absolute Gasteiger partial charge is 0.269 e. The average molecular weight is 876 g/mol. The van der Waals surface area contributed by atoms with Crippen molar-refractivity contribution in [3.8, 4) is 11.4 Å². The molecule has 0 amide bonds. The van der Waals surface area contributed by atoms with Gasteiger partial charge in [0, 0.05) is 38.7 Å². The van der Waals surface area contributed by atoms with E-state index < -0.39 is 0 Å². The molecule has 53 heavy (non-hydrogen) atoms. The largest absolute Gasteiger partial charge is 0.333 e. The zero-order chi connectivity index (χ0) is 36.3. The molecule has 0 saturated carbocycles. The molecule has 9 rings (SSSR count). The molecule has 0 bridgehead atoms. The number of benzene rings is 6. The quantitative estimate of drug-likeness (QED) is 0.0897. The summed E-state index contributed by atoms with van der Waals surface area (Å²) in [4.78, 5) is 0. The van der Waals surface area contributed by atoms with Gasteiger partial charge in [-0.25, -0.2) is 0 Å². The maximum Gasteiger partial charge on any atom is 0.269 e. The first-order valence-corrected chi connectivity index (χ1v) is 18.9. The zero-order valence-electron chi connectivity index (χ0n) is 32.0. The van der Waals surface area contributed by atoms with Gasteiger partial charge in [-0.2, -0.15) is 24.3 Å². The Morgan fingerprint density at radius 3 is 1.60 bits per heavy atom. The van der Waals surface area contributed by atoms with Gasteiger partial charge in [0.15, 0.2) is 0 Å². The molecule has 0 spiro atoms. The Morgan fingerprint density at radius 2 is 0.981 bits per heavy atom. The van der Waals surface area contributed by atoms with E-state index in [0.29, 0.717) is 23.7 Å². The molecule has 0 aliphatic rings. The van der Waals surface area contributed by atoms with Crippen molar-refractivity contribution in [1.29, 1.82) is 0 Å². The third-order valence-corrected chi connectivity index (χ3v) is 10.7. The topological polar surface area (TPSA) is 13.2 Å². The van der Waals surface area contributed by atoms with Gasteiger partial charge >= 0.3 is 0 Å². The summed E-state index contributed by atoms with van der Waals surface area (Å²) >= 11 is 0. The molecule has 0 atom stereocenters. The molecule has 0 aliphatic carbocycles. The van der Waals surface area contributed by atoms with Gasteiger partial charge in [-0.3, -0.25) is 9.13 Å². The van der Waals surface area contributed by atoms with Crippen LogP contribution in [0.2, 0.25) is 0 Å². The maximum absolute atomic E-state index is 3.84. The van der Waals surface area contributed by atoms with E-state index in [0.717, 1.165) is 0 Å². The summed E-state index contributed by atoms with van der Waals surface area (Å²) in [5.74, 6) is 1.71. The van der Waals surface area contributed by atoms with Crippen molar-refractivity contribution in [3.05, 3.63) is 156 Å². The number of rotatable bonds is 6. The Bertz CT molecular complexity index is 2480. The minimum atomic E-state index is 0. The fourth-order valence-corrected chi connectivity index (χ4v) is 8.23. The van der Waals surface area contributed by atoms with Crippen molar-refractivity contribution in [1.82, 2.24) is 8.97 Å². The Balaban J connectivity index is 0.000000183. The van der Waals surface area contributed by atoms with Crippen molar-refractivity contribution in [3.63, 3.8) is 0 Å². The van der Waals surface area contributed by atoms with E-state index in [2.05, 4.69) is 197 Å². The van der Waals surface area contributed by atoms with Gasteiger partial charge in [0.05, 0.1) is 27.9 Å². The fraction of sp³-hybridized carbons (Fsp3) is 0.245. The Morgan fingerprint density at radius 1 is 0.491 bits per heavy atom. The molecule has 0 fully saturated rings. The number of para-hydroxylation sites is 7. The molecule has 3 nitrogen and oxygen atoms in total. The molecule has 6 aromatic carbocycles. The first-order valence-electron chi connectivity index (χ1n) is 18.9. The third-order valence-electron chi connectivity index (χ3n) is 10.7. The number of nitrogens with zero attached hydrogens (tertiary/aromatic N) is 3. The molecule has 1 radical (unpaired) electrons. The van der Waals surface area contributed by atoms with E-state index in [1.165, 1.54) is 82.8 Å². The molecule has 9 aromatic rings. The van der Waals surface area contributed by atoms with E-state index in [9.17, 15) is 0 Å². The average Bonchev–Trinajstić information content (AvgIpc) is 3.82. The Kier molecular flexibility index (Phi) is 10.1. The van der Waals surface area contributed by atoms with Crippen LogP contribution in [0.3, 0.4) is 0 Å². The second-order valence-corrected chi connectivity index (χ2v) is 15.4. The van der Waals surface area contributed by atoms with Gasteiger partial charge in [-0.15, -0.1) is 5.39 Å².